The molecule has 2 aliphatic heterocycles. The van der Waals surface area contributed by atoms with Gasteiger partial charge in [-0.15, -0.1) is 0 Å². The third kappa shape index (κ3) is 3.22. The number of ether oxygens (including phenoxy) is 3. The lowest BCUT2D eigenvalue weighted by Gasteiger charge is -2.38. The molecule has 3 aromatic carbocycles. The fourth-order valence-electron chi connectivity index (χ4n) is 4.33. The molecular weight excluding hydrogens is 408 g/mol. The summed E-state index contributed by atoms with van der Waals surface area (Å²) in [7, 11) is 2.99. The average molecular weight is 430 g/mol. The molecule has 3 aromatic rings. The maximum absolute atomic E-state index is 12.1. The third-order valence-corrected chi connectivity index (χ3v) is 5.86. The van der Waals surface area contributed by atoms with E-state index in [2.05, 4.69) is 0 Å². The zero-order valence-corrected chi connectivity index (χ0v) is 17.7. The molecule has 2 aliphatic rings. The van der Waals surface area contributed by atoms with Crippen LogP contribution in [-0.2, 0) is 0 Å². The van der Waals surface area contributed by atoms with E-state index in [4.69, 9.17) is 19.3 Å². The summed E-state index contributed by atoms with van der Waals surface area (Å²) in [6.07, 6.45) is -0.0432. The normalized spacial score (nSPS) is 18.8. The van der Waals surface area contributed by atoms with E-state index in [9.17, 15) is 9.90 Å². The molecule has 0 fully saturated rings. The van der Waals surface area contributed by atoms with Crippen molar-refractivity contribution in [3.05, 3.63) is 89.0 Å². The topological polar surface area (TPSA) is 80.6 Å². The first kappa shape index (κ1) is 19.9. The van der Waals surface area contributed by atoms with Crippen LogP contribution in [0.5, 0.6) is 17.2 Å². The lowest BCUT2D eigenvalue weighted by Crippen LogP contribution is -2.34. The first-order chi connectivity index (χ1) is 15.6. The Kier molecular flexibility index (Phi) is 4.93. The number of carbonyl (C=O) groups is 1. The van der Waals surface area contributed by atoms with E-state index in [1.165, 1.54) is 20.3 Å². The molecule has 7 nitrogen and oxygen atoms in total. The van der Waals surface area contributed by atoms with Crippen LogP contribution in [0.4, 0.5) is 0 Å². The number of hydrogen-bond donors (Lipinski definition) is 1. The van der Waals surface area contributed by atoms with E-state index in [0.717, 1.165) is 22.6 Å². The molecule has 5 rings (SSSR count). The number of benzene rings is 3. The van der Waals surface area contributed by atoms with Crippen LogP contribution in [0.2, 0.25) is 0 Å². The average Bonchev–Trinajstić information content (AvgIpc) is 3.29. The molecule has 0 saturated heterocycles. The number of methoxy groups -OCH3 is 2. The lowest BCUT2D eigenvalue weighted by atomic mass is 9.95. The van der Waals surface area contributed by atoms with E-state index in [1.807, 2.05) is 59.6 Å². The summed E-state index contributed by atoms with van der Waals surface area (Å²) >= 11 is 0. The number of para-hydroxylation sites is 1. The van der Waals surface area contributed by atoms with Crippen molar-refractivity contribution in [1.82, 2.24) is 5.01 Å². The predicted octanol–water partition coefficient (Wildman–Crippen LogP) is 4.64. The maximum Gasteiger partial charge on any atom is 0.336 e. The number of fused-ring (bicyclic) bond motifs is 3. The van der Waals surface area contributed by atoms with Crippen LogP contribution in [0.15, 0.2) is 71.8 Å². The van der Waals surface area contributed by atoms with Crippen molar-refractivity contribution in [3.8, 4) is 17.2 Å². The molecule has 2 atom stereocenters. The first-order valence-corrected chi connectivity index (χ1v) is 10.3. The standard InChI is InChI=1S/C25H22N2O5/c1-30-22-12-17(18(25(28)29)13-23(22)31-2)24-27-20(16-10-6-7-11-21(16)32-24)14-19(26-27)15-8-4-3-5-9-15/h3-13,20,24H,14H2,1-2H3,(H,28,29)/t20-,24-/m0/s1. The molecule has 0 radical (unpaired) electrons. The molecule has 0 amide bonds. The van der Waals surface area contributed by atoms with Gasteiger partial charge in [0.2, 0.25) is 6.23 Å². The highest BCUT2D eigenvalue weighted by molar-refractivity contribution is 6.02. The van der Waals surface area contributed by atoms with E-state index < -0.39 is 12.2 Å². The van der Waals surface area contributed by atoms with Gasteiger partial charge >= 0.3 is 5.97 Å². The molecule has 0 aliphatic carbocycles. The van der Waals surface area contributed by atoms with Crippen LogP contribution < -0.4 is 14.2 Å². The van der Waals surface area contributed by atoms with Gasteiger partial charge in [-0.05, 0) is 23.8 Å². The minimum absolute atomic E-state index is 0.0742. The van der Waals surface area contributed by atoms with Gasteiger partial charge in [-0.25, -0.2) is 9.80 Å². The van der Waals surface area contributed by atoms with Crippen LogP contribution in [-0.4, -0.2) is 36.0 Å². The quantitative estimate of drug-likeness (QED) is 0.635. The first-order valence-electron chi connectivity index (χ1n) is 10.3. The summed E-state index contributed by atoms with van der Waals surface area (Å²) < 4.78 is 17.1. The Bertz CT molecular complexity index is 1210. The van der Waals surface area contributed by atoms with Gasteiger partial charge in [0.1, 0.15) is 5.75 Å². The highest BCUT2D eigenvalue weighted by Crippen LogP contribution is 2.49. The minimum Gasteiger partial charge on any atom is -0.493 e. The van der Waals surface area contributed by atoms with E-state index in [-0.39, 0.29) is 11.6 Å². The molecule has 32 heavy (non-hydrogen) atoms. The molecule has 0 aromatic heterocycles. The molecule has 0 saturated carbocycles. The molecular formula is C25H22N2O5. The van der Waals surface area contributed by atoms with Crippen molar-refractivity contribution in [3.63, 3.8) is 0 Å². The second kappa shape index (κ2) is 7.92. The monoisotopic (exact) mass is 430 g/mol. The Morgan fingerprint density at radius 3 is 2.41 bits per heavy atom. The Morgan fingerprint density at radius 1 is 1.00 bits per heavy atom. The largest absolute Gasteiger partial charge is 0.493 e. The molecule has 162 valence electrons. The summed E-state index contributed by atoms with van der Waals surface area (Å²) in [6.45, 7) is 0. The Hall–Kier alpha value is -4.00. The number of aromatic carboxylic acids is 1. The van der Waals surface area contributed by atoms with Gasteiger partial charge < -0.3 is 19.3 Å². The summed E-state index contributed by atoms with van der Waals surface area (Å²) in [4.78, 5) is 12.1. The Morgan fingerprint density at radius 2 is 1.69 bits per heavy atom. The van der Waals surface area contributed by atoms with Gasteiger partial charge in [0.25, 0.3) is 0 Å². The minimum atomic E-state index is -1.08. The molecule has 0 unspecified atom stereocenters. The molecule has 7 heteroatoms. The van der Waals surface area contributed by atoms with Crippen molar-refractivity contribution in [2.24, 2.45) is 5.10 Å². The van der Waals surface area contributed by atoms with Crippen molar-refractivity contribution in [2.75, 3.05) is 14.2 Å². The van der Waals surface area contributed by atoms with Gasteiger partial charge in [-0.2, -0.15) is 5.10 Å². The molecule has 0 spiro atoms. The number of rotatable bonds is 5. The SMILES string of the molecule is COc1cc(C(=O)O)c([C@@H]2Oc3ccccc3[C@@H]3CC(c4ccccc4)=NN32)cc1OC. The maximum atomic E-state index is 12.1. The Balaban J connectivity index is 1.67. The summed E-state index contributed by atoms with van der Waals surface area (Å²) in [6, 6.07) is 20.8. The highest BCUT2D eigenvalue weighted by atomic mass is 16.5. The zero-order valence-electron chi connectivity index (χ0n) is 17.7. The van der Waals surface area contributed by atoms with E-state index in [1.54, 1.807) is 6.07 Å². The zero-order chi connectivity index (χ0) is 22.2. The van der Waals surface area contributed by atoms with Gasteiger partial charge in [0.05, 0.1) is 31.5 Å². The Labute approximate surface area is 185 Å². The summed E-state index contributed by atoms with van der Waals surface area (Å²) in [5.74, 6) is 0.412. The molecule has 2 heterocycles. The van der Waals surface area contributed by atoms with Crippen LogP contribution in [0.1, 0.15) is 45.7 Å². The van der Waals surface area contributed by atoms with Crippen molar-refractivity contribution in [2.45, 2.75) is 18.7 Å². The fourth-order valence-corrected chi connectivity index (χ4v) is 4.33. The molecule has 1 N–H and O–H groups in total. The van der Waals surface area contributed by atoms with Crippen LogP contribution in [0.3, 0.4) is 0 Å². The summed E-state index contributed by atoms with van der Waals surface area (Å²) in [5.41, 5.74) is 3.51. The third-order valence-electron chi connectivity index (χ3n) is 5.86. The number of carboxylic acids is 1. The second-order valence-corrected chi connectivity index (χ2v) is 7.62. The van der Waals surface area contributed by atoms with Gasteiger partial charge in [-0.3, -0.25) is 0 Å². The van der Waals surface area contributed by atoms with Crippen LogP contribution in [0, 0.1) is 0 Å². The molecule has 0 bridgehead atoms. The van der Waals surface area contributed by atoms with Crippen molar-refractivity contribution in [1.29, 1.82) is 0 Å². The lowest BCUT2D eigenvalue weighted by molar-refractivity contribution is -0.0199. The van der Waals surface area contributed by atoms with E-state index in [0.29, 0.717) is 23.5 Å². The van der Waals surface area contributed by atoms with Gasteiger partial charge in [0.15, 0.2) is 11.5 Å². The van der Waals surface area contributed by atoms with Crippen molar-refractivity contribution >= 4 is 11.7 Å². The van der Waals surface area contributed by atoms with Gasteiger partial charge in [-0.1, -0.05) is 48.5 Å². The predicted molar refractivity (Wildman–Crippen MR) is 118 cm³/mol. The van der Waals surface area contributed by atoms with Crippen molar-refractivity contribution < 1.29 is 24.1 Å². The fraction of sp³-hybridized carbons (Fsp3) is 0.200. The smallest absolute Gasteiger partial charge is 0.336 e. The van der Waals surface area contributed by atoms with Gasteiger partial charge in [0, 0.05) is 17.5 Å². The van der Waals surface area contributed by atoms with Crippen LogP contribution >= 0.6 is 0 Å². The second-order valence-electron chi connectivity index (χ2n) is 7.62. The highest BCUT2D eigenvalue weighted by Gasteiger charge is 2.42. The number of hydrazone groups is 1. The van der Waals surface area contributed by atoms with Crippen LogP contribution in [0.25, 0.3) is 0 Å². The van der Waals surface area contributed by atoms with E-state index >= 15 is 0 Å². The summed E-state index contributed by atoms with van der Waals surface area (Å²) in [5, 5.41) is 16.7. The number of nitrogens with zero attached hydrogens (tertiary/aromatic N) is 2. The number of carboxylic acid groups (broad SMARTS) is 1. The number of hydrogen-bond acceptors (Lipinski definition) is 6.